The third-order valence-corrected chi connectivity index (χ3v) is 7.53. The van der Waals surface area contributed by atoms with E-state index in [2.05, 4.69) is 6.58 Å². The van der Waals surface area contributed by atoms with Crippen LogP contribution < -0.4 is 4.87 Å². The van der Waals surface area contributed by atoms with Crippen LogP contribution in [-0.2, 0) is 33.2 Å². The number of carbonyl (C=O) groups is 1. The van der Waals surface area contributed by atoms with E-state index in [-0.39, 0.29) is 35.2 Å². The highest BCUT2D eigenvalue weighted by atomic mass is 32.2. The molecule has 0 N–H and O–H groups in total. The van der Waals surface area contributed by atoms with E-state index < -0.39 is 21.0 Å². The highest BCUT2D eigenvalue weighted by Crippen LogP contribution is 2.36. The van der Waals surface area contributed by atoms with Gasteiger partial charge in [0.1, 0.15) is 0 Å². The average Bonchev–Trinajstić information content (AvgIpc) is 3.02. The van der Waals surface area contributed by atoms with Crippen LogP contribution in [0.25, 0.3) is 0 Å². The molecule has 1 unspecified atom stereocenters. The van der Waals surface area contributed by atoms with Crippen LogP contribution in [0, 0.1) is 10.1 Å². The number of nitrogens with zero attached hydrogens (tertiary/aromatic N) is 4. The first-order chi connectivity index (χ1) is 14.7. The summed E-state index contributed by atoms with van der Waals surface area (Å²) >= 11 is 0.902. The Hall–Kier alpha value is -2.65. The van der Waals surface area contributed by atoms with Crippen molar-refractivity contribution in [1.82, 2.24) is 13.8 Å². The lowest BCUT2D eigenvalue weighted by atomic mass is 9.90. The molecule has 14 heteroatoms. The molecule has 0 fully saturated rings. The Labute approximate surface area is 182 Å². The average molecular weight is 465 g/mol. The largest absolute Gasteiger partial charge is 0.333 e. The van der Waals surface area contributed by atoms with Gasteiger partial charge < -0.3 is 14.2 Å². The van der Waals surface area contributed by atoms with Crippen molar-refractivity contribution in [2.45, 2.75) is 17.5 Å². The van der Waals surface area contributed by atoms with Gasteiger partial charge in [0.15, 0.2) is 0 Å². The minimum atomic E-state index is -4.29. The van der Waals surface area contributed by atoms with E-state index in [1.165, 1.54) is 18.1 Å². The van der Waals surface area contributed by atoms with E-state index in [0.717, 1.165) is 40.1 Å². The summed E-state index contributed by atoms with van der Waals surface area (Å²) in [4.78, 5) is 40.7. The van der Waals surface area contributed by atoms with Crippen LogP contribution in [0.5, 0.6) is 0 Å². The van der Waals surface area contributed by atoms with Gasteiger partial charge in [-0.3, -0.25) is 19.7 Å². The molecule has 1 aromatic heterocycles. The predicted octanol–water partition coefficient (Wildman–Crippen LogP) is 0.830. The molecule has 1 aliphatic rings. The summed E-state index contributed by atoms with van der Waals surface area (Å²) in [6.45, 7) is 3.71. The fourth-order valence-corrected chi connectivity index (χ4v) is 5.68. The highest BCUT2D eigenvalue weighted by Gasteiger charge is 2.40. The van der Waals surface area contributed by atoms with E-state index in [4.69, 9.17) is 4.84 Å². The van der Waals surface area contributed by atoms with Crippen molar-refractivity contribution in [3.63, 3.8) is 0 Å². The number of nitro benzene ring substituents is 1. The molecule has 0 bridgehead atoms. The van der Waals surface area contributed by atoms with Gasteiger partial charge in [-0.05, 0) is 12.1 Å². The maximum Gasteiger partial charge on any atom is 0.307 e. The van der Waals surface area contributed by atoms with Crippen molar-refractivity contribution in [2.24, 2.45) is 7.05 Å². The smallest absolute Gasteiger partial charge is 0.307 e. The second kappa shape index (κ2) is 9.24. The molecule has 1 atom stereocenters. The summed E-state index contributed by atoms with van der Waals surface area (Å²) in [6.07, 6.45) is 1.94. The normalized spacial score (nSPS) is 16.6. The molecule has 2 heterocycles. The monoisotopic (exact) mass is 465 g/mol. The lowest BCUT2D eigenvalue weighted by molar-refractivity contribution is -0.384. The summed E-state index contributed by atoms with van der Waals surface area (Å²) in [5.74, 6) is 0. The molecule has 31 heavy (non-hydrogen) atoms. The van der Waals surface area contributed by atoms with E-state index in [9.17, 15) is 28.1 Å². The maximum atomic E-state index is 13.4. The SMILES string of the molecule is C=CCON(C1CN([B]C=O)Cc2c1sc(=O)n2C)S(=O)(=O)c1ccc([N+](=O)[O-])cc1. The minimum Gasteiger partial charge on any atom is -0.333 e. The Kier molecular flexibility index (Phi) is 6.86. The topological polar surface area (TPSA) is 132 Å². The van der Waals surface area contributed by atoms with Crippen molar-refractivity contribution < 1.29 is 23.0 Å². The lowest BCUT2D eigenvalue weighted by Gasteiger charge is -2.36. The van der Waals surface area contributed by atoms with Gasteiger partial charge in [0, 0.05) is 38.0 Å². The quantitative estimate of drug-likeness (QED) is 0.175. The van der Waals surface area contributed by atoms with Gasteiger partial charge in [-0.2, -0.15) is 0 Å². The van der Waals surface area contributed by atoms with Crippen LogP contribution in [0.15, 0.2) is 46.6 Å². The summed E-state index contributed by atoms with van der Waals surface area (Å²) in [5.41, 5.74) is 0.306. The predicted molar refractivity (Wildman–Crippen MR) is 113 cm³/mol. The number of nitro groups is 1. The molecule has 0 saturated carbocycles. The summed E-state index contributed by atoms with van der Waals surface area (Å²) in [6, 6.07) is 3.46. The fraction of sp³-hybridized carbons (Fsp3) is 0.294. The van der Waals surface area contributed by atoms with Gasteiger partial charge in [0.2, 0.25) is 0 Å². The second-order valence-electron chi connectivity index (χ2n) is 6.56. The number of hydroxylamine groups is 1. The summed E-state index contributed by atoms with van der Waals surface area (Å²) in [7, 11) is -1.46. The van der Waals surface area contributed by atoms with Gasteiger partial charge in [-0.25, -0.2) is 8.42 Å². The Morgan fingerprint density at radius 2 is 2.10 bits per heavy atom. The van der Waals surface area contributed by atoms with Gasteiger partial charge >= 0.3 is 4.87 Å². The third kappa shape index (κ3) is 4.52. The number of rotatable bonds is 9. The summed E-state index contributed by atoms with van der Waals surface area (Å²) < 4.78 is 29.0. The first-order valence-electron chi connectivity index (χ1n) is 8.94. The Bertz CT molecular complexity index is 1160. The van der Waals surface area contributed by atoms with E-state index >= 15 is 0 Å². The van der Waals surface area contributed by atoms with Crippen molar-refractivity contribution >= 4 is 40.6 Å². The lowest BCUT2D eigenvalue weighted by Crippen LogP contribution is -2.46. The van der Waals surface area contributed by atoms with Gasteiger partial charge in [0.05, 0.1) is 33.5 Å². The first-order valence-corrected chi connectivity index (χ1v) is 11.2. The number of fused-ring (bicyclic) bond motifs is 1. The Morgan fingerprint density at radius 1 is 1.42 bits per heavy atom. The zero-order valence-corrected chi connectivity index (χ0v) is 18.0. The van der Waals surface area contributed by atoms with Crippen LogP contribution >= 0.6 is 11.3 Å². The Morgan fingerprint density at radius 3 is 2.68 bits per heavy atom. The van der Waals surface area contributed by atoms with Crippen LogP contribution in [0.3, 0.4) is 0 Å². The number of carbonyl (C=O) groups excluding carboxylic acids is 1. The Balaban J connectivity index is 2.10. The molecular weight excluding hydrogens is 447 g/mol. The van der Waals surface area contributed by atoms with Crippen LogP contribution in [-0.4, -0.2) is 53.9 Å². The molecule has 1 aromatic carbocycles. The van der Waals surface area contributed by atoms with E-state index in [1.54, 1.807) is 11.9 Å². The van der Waals surface area contributed by atoms with Crippen molar-refractivity contribution in [3.05, 3.63) is 67.3 Å². The molecule has 3 rings (SSSR count). The molecule has 163 valence electrons. The zero-order valence-electron chi connectivity index (χ0n) is 16.4. The molecule has 11 nitrogen and oxygen atoms in total. The highest BCUT2D eigenvalue weighted by molar-refractivity contribution is 7.89. The van der Waals surface area contributed by atoms with E-state index in [1.807, 2.05) is 0 Å². The van der Waals surface area contributed by atoms with Crippen molar-refractivity contribution in [3.8, 4) is 0 Å². The van der Waals surface area contributed by atoms with Crippen molar-refractivity contribution in [2.75, 3.05) is 13.2 Å². The molecular formula is C17H18BN4O7S2. The molecule has 1 radical (unpaired) electrons. The number of non-ortho nitro benzene ring substituents is 1. The number of benzene rings is 1. The number of aromatic nitrogens is 1. The third-order valence-electron chi connectivity index (χ3n) is 4.65. The van der Waals surface area contributed by atoms with Crippen LogP contribution in [0.2, 0.25) is 0 Å². The molecule has 0 amide bonds. The standard InChI is InChI=1S/C17H18BN4O7S2/c1-3-8-29-22(31(27,28)13-6-4-12(5-7-13)21(25)26)15-10-20(18-11-23)9-14-16(15)30-17(24)19(14)2/h3-7,11,15H,1,8-10H2,2H3. The number of hydrogen-bond acceptors (Lipinski definition) is 9. The van der Waals surface area contributed by atoms with Crippen molar-refractivity contribution in [1.29, 1.82) is 0 Å². The molecule has 0 aliphatic carbocycles. The van der Waals surface area contributed by atoms with Gasteiger partial charge in [-0.15, -0.1) is 6.58 Å². The van der Waals surface area contributed by atoms with Crippen LogP contribution in [0.1, 0.15) is 16.6 Å². The number of thiazole rings is 1. The minimum absolute atomic E-state index is 0.0645. The molecule has 0 saturated heterocycles. The van der Waals surface area contributed by atoms with Gasteiger partial charge in [0.25, 0.3) is 23.1 Å². The molecule has 1 aliphatic heterocycles. The second-order valence-corrected chi connectivity index (χ2v) is 9.34. The zero-order chi connectivity index (χ0) is 22.8. The molecule has 0 spiro atoms. The fourth-order valence-electron chi connectivity index (χ4n) is 3.16. The first kappa shape index (κ1) is 23.0. The number of hydrogen-bond donors (Lipinski definition) is 0. The van der Waals surface area contributed by atoms with Gasteiger partial charge in [-0.1, -0.05) is 21.9 Å². The molecule has 2 aromatic rings. The maximum absolute atomic E-state index is 13.4. The summed E-state index contributed by atoms with van der Waals surface area (Å²) in [5, 5.41) is 10.9. The van der Waals surface area contributed by atoms with E-state index in [0.29, 0.717) is 16.8 Å². The van der Waals surface area contributed by atoms with Crippen LogP contribution in [0.4, 0.5) is 5.69 Å². The number of sulfonamides is 1.